The normalized spacial score (nSPS) is 16.7. The Bertz CT molecular complexity index is 1070. The second-order valence-electron chi connectivity index (χ2n) is 7.32. The zero-order valence-corrected chi connectivity index (χ0v) is 17.3. The minimum atomic E-state index is -0.338. The molecule has 0 N–H and O–H groups in total. The second kappa shape index (κ2) is 7.60. The van der Waals surface area contributed by atoms with Crippen molar-refractivity contribution in [1.29, 1.82) is 0 Å². The van der Waals surface area contributed by atoms with E-state index in [-0.39, 0.29) is 10.6 Å². The average molecular weight is 418 g/mol. The fourth-order valence-electron chi connectivity index (χ4n) is 3.67. The molecule has 0 bridgehead atoms. The van der Waals surface area contributed by atoms with Gasteiger partial charge in [0, 0.05) is 31.4 Å². The molecule has 1 aliphatic heterocycles. The van der Waals surface area contributed by atoms with Crippen LogP contribution in [0.25, 0.3) is 5.69 Å². The molecular formula is C20H21Cl2N5O. The summed E-state index contributed by atoms with van der Waals surface area (Å²) in [5.74, 6) is 0.499. The molecule has 3 heterocycles. The Hall–Kier alpha value is -2.31. The number of rotatable bonds is 4. The Morgan fingerprint density at radius 2 is 2.04 bits per heavy atom. The molecule has 4 rings (SSSR count). The highest BCUT2D eigenvalue weighted by Gasteiger charge is 2.26. The highest BCUT2D eigenvalue weighted by molar-refractivity contribution is 6.33. The van der Waals surface area contributed by atoms with E-state index in [0.29, 0.717) is 22.3 Å². The van der Waals surface area contributed by atoms with E-state index in [2.05, 4.69) is 15.1 Å². The third kappa shape index (κ3) is 3.66. The standard InChI is InChI=1S/C20H21Cl2N5O/c1-13-3-4-16(8-17(13)21)27-20(28)19(22)18(10-24-27)26-6-5-14(12-26)7-15-9-23-25(2)11-15/h3-4,8-11,14H,5-7,12H2,1-2H3. The van der Waals surface area contributed by atoms with Crippen molar-refractivity contribution in [3.63, 3.8) is 0 Å². The van der Waals surface area contributed by atoms with Gasteiger partial charge in [-0.3, -0.25) is 9.48 Å². The lowest BCUT2D eigenvalue weighted by atomic mass is 10.0. The Morgan fingerprint density at radius 1 is 1.21 bits per heavy atom. The topological polar surface area (TPSA) is 56.0 Å². The van der Waals surface area contributed by atoms with E-state index >= 15 is 0 Å². The number of hydrogen-bond donors (Lipinski definition) is 0. The van der Waals surface area contributed by atoms with Crippen LogP contribution in [0.5, 0.6) is 0 Å². The SMILES string of the molecule is Cc1ccc(-n2ncc(N3CCC(Cc4cnn(C)c4)C3)c(Cl)c2=O)cc1Cl. The van der Waals surface area contributed by atoms with E-state index in [9.17, 15) is 4.79 Å². The Balaban J connectivity index is 1.55. The minimum absolute atomic E-state index is 0.189. The molecule has 0 radical (unpaired) electrons. The number of aromatic nitrogens is 4. The van der Waals surface area contributed by atoms with Gasteiger partial charge in [-0.25, -0.2) is 0 Å². The molecule has 6 nitrogen and oxygen atoms in total. The van der Waals surface area contributed by atoms with Crippen LogP contribution in [0.15, 0.2) is 41.6 Å². The minimum Gasteiger partial charge on any atom is -0.369 e. The van der Waals surface area contributed by atoms with Crippen LogP contribution >= 0.6 is 23.2 Å². The maximum absolute atomic E-state index is 12.8. The summed E-state index contributed by atoms with van der Waals surface area (Å²) < 4.78 is 3.11. The molecule has 1 aromatic carbocycles. The smallest absolute Gasteiger partial charge is 0.292 e. The summed E-state index contributed by atoms with van der Waals surface area (Å²) in [6.07, 6.45) is 7.64. The average Bonchev–Trinajstić information content (AvgIpc) is 3.29. The molecule has 1 fully saturated rings. The fourth-order valence-corrected chi connectivity index (χ4v) is 4.09. The van der Waals surface area contributed by atoms with Crippen LogP contribution in [0.4, 0.5) is 5.69 Å². The van der Waals surface area contributed by atoms with Crippen LogP contribution in [-0.4, -0.2) is 32.7 Å². The Kier molecular flexibility index (Phi) is 5.17. The van der Waals surface area contributed by atoms with Crippen molar-refractivity contribution < 1.29 is 0 Å². The van der Waals surface area contributed by atoms with Gasteiger partial charge in [-0.2, -0.15) is 14.9 Å². The van der Waals surface area contributed by atoms with Gasteiger partial charge in [-0.1, -0.05) is 29.3 Å². The third-order valence-corrected chi connectivity index (χ3v) is 5.97. The zero-order chi connectivity index (χ0) is 19.8. The lowest BCUT2D eigenvalue weighted by Gasteiger charge is -2.20. The highest BCUT2D eigenvalue weighted by Crippen LogP contribution is 2.29. The van der Waals surface area contributed by atoms with Gasteiger partial charge in [0.05, 0.1) is 23.8 Å². The number of aryl methyl sites for hydroxylation is 2. The van der Waals surface area contributed by atoms with Crippen LogP contribution in [-0.2, 0) is 13.5 Å². The summed E-state index contributed by atoms with van der Waals surface area (Å²) in [7, 11) is 1.92. The molecule has 1 saturated heterocycles. The van der Waals surface area contributed by atoms with Gasteiger partial charge in [0.1, 0.15) is 5.02 Å². The highest BCUT2D eigenvalue weighted by atomic mass is 35.5. The predicted octanol–water partition coefficient (Wildman–Crippen LogP) is 3.65. The molecule has 0 spiro atoms. The summed E-state index contributed by atoms with van der Waals surface area (Å²) >= 11 is 12.6. The van der Waals surface area contributed by atoms with E-state index in [1.165, 1.54) is 10.2 Å². The molecule has 2 aromatic heterocycles. The summed E-state index contributed by atoms with van der Waals surface area (Å²) in [5, 5.41) is 9.35. The number of anilines is 1. The first-order valence-corrected chi connectivity index (χ1v) is 9.95. The van der Waals surface area contributed by atoms with Crippen LogP contribution < -0.4 is 10.5 Å². The van der Waals surface area contributed by atoms with Gasteiger partial charge < -0.3 is 4.90 Å². The van der Waals surface area contributed by atoms with Crippen molar-refractivity contribution in [2.24, 2.45) is 13.0 Å². The first-order chi connectivity index (χ1) is 13.4. The quantitative estimate of drug-likeness (QED) is 0.649. The van der Waals surface area contributed by atoms with Crippen molar-refractivity contribution in [3.05, 3.63) is 68.3 Å². The van der Waals surface area contributed by atoms with E-state index in [4.69, 9.17) is 23.2 Å². The molecule has 1 aliphatic rings. The van der Waals surface area contributed by atoms with Gasteiger partial charge >= 0.3 is 0 Å². The zero-order valence-electron chi connectivity index (χ0n) is 15.8. The molecule has 1 atom stereocenters. The largest absolute Gasteiger partial charge is 0.369 e. The molecule has 0 aliphatic carbocycles. The summed E-state index contributed by atoms with van der Waals surface area (Å²) in [4.78, 5) is 14.9. The van der Waals surface area contributed by atoms with Crippen LogP contribution in [0, 0.1) is 12.8 Å². The van der Waals surface area contributed by atoms with E-state index in [1.807, 2.05) is 43.2 Å². The molecule has 3 aromatic rings. The molecule has 1 unspecified atom stereocenters. The Labute approximate surface area is 173 Å². The molecule has 0 amide bonds. The van der Waals surface area contributed by atoms with Crippen molar-refractivity contribution in [1.82, 2.24) is 19.6 Å². The summed E-state index contributed by atoms with van der Waals surface area (Å²) in [6, 6.07) is 5.39. The summed E-state index contributed by atoms with van der Waals surface area (Å²) in [5.41, 5.74) is 3.12. The first-order valence-electron chi connectivity index (χ1n) is 9.19. The van der Waals surface area contributed by atoms with Crippen molar-refractivity contribution in [3.8, 4) is 5.69 Å². The third-order valence-electron chi connectivity index (χ3n) is 5.21. The maximum atomic E-state index is 12.8. The van der Waals surface area contributed by atoms with Crippen LogP contribution in [0.2, 0.25) is 10.0 Å². The van der Waals surface area contributed by atoms with Gasteiger partial charge in [-0.15, -0.1) is 0 Å². The van der Waals surface area contributed by atoms with Gasteiger partial charge in [0.2, 0.25) is 0 Å². The van der Waals surface area contributed by atoms with E-state index in [0.717, 1.165) is 31.5 Å². The molecule has 8 heteroatoms. The lowest BCUT2D eigenvalue weighted by Crippen LogP contribution is -2.27. The fraction of sp³-hybridized carbons (Fsp3) is 0.350. The van der Waals surface area contributed by atoms with Crippen molar-refractivity contribution in [2.45, 2.75) is 19.8 Å². The van der Waals surface area contributed by atoms with Gasteiger partial charge in [0.25, 0.3) is 5.56 Å². The molecule has 0 saturated carbocycles. The first kappa shape index (κ1) is 19.0. The second-order valence-corrected chi connectivity index (χ2v) is 8.11. The van der Waals surface area contributed by atoms with Gasteiger partial charge in [-0.05, 0) is 48.9 Å². The van der Waals surface area contributed by atoms with Crippen molar-refractivity contribution in [2.75, 3.05) is 18.0 Å². The molecule has 28 heavy (non-hydrogen) atoms. The number of nitrogens with zero attached hydrogens (tertiary/aromatic N) is 5. The summed E-state index contributed by atoms with van der Waals surface area (Å²) in [6.45, 7) is 3.61. The lowest BCUT2D eigenvalue weighted by molar-refractivity contribution is 0.586. The maximum Gasteiger partial charge on any atom is 0.292 e. The number of halogens is 2. The van der Waals surface area contributed by atoms with E-state index < -0.39 is 0 Å². The Morgan fingerprint density at radius 3 is 2.75 bits per heavy atom. The predicted molar refractivity (Wildman–Crippen MR) is 112 cm³/mol. The van der Waals surface area contributed by atoms with E-state index in [1.54, 1.807) is 12.3 Å². The van der Waals surface area contributed by atoms with Crippen LogP contribution in [0.3, 0.4) is 0 Å². The van der Waals surface area contributed by atoms with Gasteiger partial charge in [0.15, 0.2) is 0 Å². The monoisotopic (exact) mass is 417 g/mol. The number of hydrogen-bond acceptors (Lipinski definition) is 4. The molecule has 146 valence electrons. The van der Waals surface area contributed by atoms with Crippen LogP contribution in [0.1, 0.15) is 17.5 Å². The van der Waals surface area contributed by atoms with Crippen molar-refractivity contribution >= 4 is 28.9 Å². The molecular weight excluding hydrogens is 397 g/mol. The number of benzene rings is 1.